The third-order valence-corrected chi connectivity index (χ3v) is 8.06. The molecule has 6 nitrogen and oxygen atoms in total. The van der Waals surface area contributed by atoms with Crippen LogP contribution in [0.2, 0.25) is 0 Å². The molecule has 3 atom stereocenters. The lowest BCUT2D eigenvalue weighted by molar-refractivity contribution is -0.118. The number of amidine groups is 1. The molecule has 0 spiro atoms. The number of nitrogens with two attached hydrogens (primary N) is 1. The highest BCUT2D eigenvalue weighted by molar-refractivity contribution is 8.00. The molecule has 0 aliphatic carbocycles. The number of thioether (sulfide) groups is 1. The fraction of sp³-hybridized carbons (Fsp3) is 0.500. The summed E-state index contributed by atoms with van der Waals surface area (Å²) in [7, 11) is 0. The molecule has 1 saturated heterocycles. The average Bonchev–Trinajstić information content (AvgIpc) is 2.79. The predicted octanol–water partition coefficient (Wildman–Crippen LogP) is 5.03. The molecule has 4 rings (SSSR count). The fourth-order valence-electron chi connectivity index (χ4n) is 5.08. The smallest absolute Gasteiger partial charge is 0.246 e. The number of piperidine rings is 1. The predicted molar refractivity (Wildman–Crippen MR) is 136 cm³/mol. The van der Waals surface area contributed by atoms with Gasteiger partial charge in [-0.1, -0.05) is 37.5 Å². The Kier molecular flexibility index (Phi) is 7.39. The van der Waals surface area contributed by atoms with Gasteiger partial charge < -0.3 is 16.0 Å². The normalized spacial score (nSPS) is 25.0. The molecule has 1 amide bonds. The van der Waals surface area contributed by atoms with Gasteiger partial charge in [-0.2, -0.15) is 0 Å². The minimum absolute atomic E-state index is 0.0571. The van der Waals surface area contributed by atoms with Crippen LogP contribution in [0.5, 0.6) is 0 Å². The number of nitrogens with one attached hydrogen (secondary N) is 2. The third kappa shape index (κ3) is 5.58. The van der Waals surface area contributed by atoms with Crippen LogP contribution < -0.4 is 16.0 Å². The lowest BCUT2D eigenvalue weighted by atomic mass is 9.84. The zero-order valence-electron chi connectivity index (χ0n) is 19.6. The van der Waals surface area contributed by atoms with Crippen molar-refractivity contribution in [3.05, 3.63) is 53.9 Å². The summed E-state index contributed by atoms with van der Waals surface area (Å²) in [5.74, 6) is -0.0282. The first-order chi connectivity index (χ1) is 15.9. The van der Waals surface area contributed by atoms with Crippen LogP contribution in [-0.2, 0) is 4.79 Å². The third-order valence-electron chi connectivity index (χ3n) is 6.78. The maximum atomic E-state index is 13.5. The molecule has 1 aromatic carbocycles. The van der Waals surface area contributed by atoms with Gasteiger partial charge in [0.1, 0.15) is 16.8 Å². The molecule has 33 heavy (non-hydrogen) atoms. The Morgan fingerprint density at radius 1 is 1.24 bits per heavy atom. The minimum Gasteiger partial charge on any atom is -0.382 e. The number of hydrogen-bond acceptors (Lipinski definition) is 5. The quantitative estimate of drug-likeness (QED) is 0.289. The van der Waals surface area contributed by atoms with Gasteiger partial charge in [0.05, 0.1) is 11.4 Å². The van der Waals surface area contributed by atoms with Crippen molar-refractivity contribution in [2.45, 2.75) is 80.5 Å². The second-order valence-electron chi connectivity index (χ2n) is 9.63. The van der Waals surface area contributed by atoms with Crippen LogP contribution in [0.3, 0.4) is 0 Å². The van der Waals surface area contributed by atoms with E-state index in [2.05, 4.69) is 30.2 Å². The molecule has 4 N–H and O–H groups in total. The van der Waals surface area contributed by atoms with E-state index in [9.17, 15) is 4.79 Å². The number of carbonyl (C=O) groups excluding carboxylic acids is 1. The van der Waals surface area contributed by atoms with Crippen molar-refractivity contribution in [3.63, 3.8) is 0 Å². The first-order valence-corrected chi connectivity index (χ1v) is 12.9. The SMILES string of the molecule is C[C@H]1CCC[C@@](C)(CCCCCN2C(=O)C(c3cccc(C(=N)N)n3)Sc3ccccc32)N1. The van der Waals surface area contributed by atoms with Gasteiger partial charge in [-0.3, -0.25) is 10.2 Å². The van der Waals surface area contributed by atoms with E-state index in [0.29, 0.717) is 24.0 Å². The van der Waals surface area contributed by atoms with Crippen LogP contribution in [-0.4, -0.2) is 34.9 Å². The number of para-hydroxylation sites is 1. The summed E-state index contributed by atoms with van der Waals surface area (Å²) >= 11 is 1.53. The summed E-state index contributed by atoms with van der Waals surface area (Å²) in [5.41, 5.74) is 7.93. The Balaban J connectivity index is 1.42. The minimum atomic E-state index is -0.425. The van der Waals surface area contributed by atoms with E-state index >= 15 is 0 Å². The molecular formula is C26H35N5OS. The standard InChI is InChI=1S/C26H35N5OS/c1-18-10-9-16-26(2,30-18)15-6-3-7-17-31-21-13-4-5-14-22(21)33-23(25(31)32)19-11-8-12-20(29-19)24(27)28/h4-5,8,11-14,18,23,30H,3,6-7,9-10,15-17H2,1-2H3,(H3,27,28)/t18-,23?,26+/m0/s1. The van der Waals surface area contributed by atoms with Gasteiger partial charge in [-0.05, 0) is 63.8 Å². The molecule has 176 valence electrons. The van der Waals surface area contributed by atoms with Gasteiger partial charge in [0.2, 0.25) is 5.91 Å². The number of hydrogen-bond donors (Lipinski definition) is 3. The number of carbonyl (C=O) groups is 1. The number of nitrogen functional groups attached to an aromatic ring is 1. The van der Waals surface area contributed by atoms with Crippen molar-refractivity contribution < 1.29 is 4.79 Å². The number of nitrogens with zero attached hydrogens (tertiary/aromatic N) is 2. The number of amides is 1. The summed E-state index contributed by atoms with van der Waals surface area (Å²) in [4.78, 5) is 21.1. The van der Waals surface area contributed by atoms with Gasteiger partial charge >= 0.3 is 0 Å². The highest BCUT2D eigenvalue weighted by Gasteiger charge is 2.35. The van der Waals surface area contributed by atoms with E-state index in [4.69, 9.17) is 11.1 Å². The van der Waals surface area contributed by atoms with E-state index in [1.165, 1.54) is 43.9 Å². The average molecular weight is 466 g/mol. The topological polar surface area (TPSA) is 95.1 Å². The molecule has 3 heterocycles. The van der Waals surface area contributed by atoms with Gasteiger partial charge in [-0.25, -0.2) is 4.98 Å². The van der Waals surface area contributed by atoms with Crippen LogP contribution in [0.15, 0.2) is 47.4 Å². The number of pyridine rings is 1. The summed E-state index contributed by atoms with van der Waals surface area (Å²) in [5, 5.41) is 11.1. The Morgan fingerprint density at radius 2 is 2.06 bits per heavy atom. The Hall–Kier alpha value is -2.38. The van der Waals surface area contributed by atoms with Crippen LogP contribution in [0, 0.1) is 5.41 Å². The van der Waals surface area contributed by atoms with E-state index in [1.54, 1.807) is 6.07 Å². The highest BCUT2D eigenvalue weighted by atomic mass is 32.2. The van der Waals surface area contributed by atoms with E-state index in [1.807, 2.05) is 35.2 Å². The van der Waals surface area contributed by atoms with Crippen molar-refractivity contribution in [3.8, 4) is 0 Å². The molecule has 7 heteroatoms. The molecule has 0 radical (unpaired) electrons. The van der Waals surface area contributed by atoms with Crippen molar-refractivity contribution in [1.29, 1.82) is 5.41 Å². The maximum Gasteiger partial charge on any atom is 0.246 e. The lowest BCUT2D eigenvalue weighted by Crippen LogP contribution is -2.50. The maximum absolute atomic E-state index is 13.5. The van der Waals surface area contributed by atoms with Crippen molar-refractivity contribution >= 4 is 29.2 Å². The number of benzene rings is 1. The number of unbranched alkanes of at least 4 members (excludes halogenated alkanes) is 2. The largest absolute Gasteiger partial charge is 0.382 e. The van der Waals surface area contributed by atoms with Crippen LogP contribution in [0.25, 0.3) is 0 Å². The van der Waals surface area contributed by atoms with Crippen molar-refractivity contribution in [1.82, 2.24) is 10.3 Å². The second kappa shape index (κ2) is 10.3. The summed E-state index contributed by atoms with van der Waals surface area (Å²) in [6.45, 7) is 5.35. The van der Waals surface area contributed by atoms with Gasteiger partial charge in [-0.15, -0.1) is 11.8 Å². The van der Waals surface area contributed by atoms with E-state index in [-0.39, 0.29) is 17.3 Å². The Labute approximate surface area is 201 Å². The molecule has 2 aliphatic rings. The Bertz CT molecular complexity index is 1010. The van der Waals surface area contributed by atoms with Gasteiger partial charge in [0, 0.05) is 23.0 Å². The van der Waals surface area contributed by atoms with Gasteiger partial charge in [0.15, 0.2) is 0 Å². The van der Waals surface area contributed by atoms with Crippen molar-refractivity contribution in [2.75, 3.05) is 11.4 Å². The molecule has 0 bridgehead atoms. The summed E-state index contributed by atoms with van der Waals surface area (Å²) < 4.78 is 0. The molecule has 1 unspecified atom stereocenters. The van der Waals surface area contributed by atoms with Crippen LogP contribution in [0.4, 0.5) is 5.69 Å². The van der Waals surface area contributed by atoms with E-state index < -0.39 is 5.25 Å². The molecule has 1 aromatic heterocycles. The monoisotopic (exact) mass is 465 g/mol. The van der Waals surface area contributed by atoms with Gasteiger partial charge in [0.25, 0.3) is 0 Å². The first-order valence-electron chi connectivity index (χ1n) is 12.0. The summed E-state index contributed by atoms with van der Waals surface area (Å²) in [6.07, 6.45) is 8.26. The molecule has 2 aliphatic heterocycles. The fourth-order valence-corrected chi connectivity index (χ4v) is 6.27. The number of rotatable bonds is 8. The number of aromatic nitrogens is 1. The number of anilines is 1. The van der Waals surface area contributed by atoms with E-state index in [0.717, 1.165) is 23.4 Å². The molecule has 1 fully saturated rings. The molecule has 0 saturated carbocycles. The zero-order chi connectivity index (χ0) is 23.4. The second-order valence-corrected chi connectivity index (χ2v) is 10.8. The number of fused-ring (bicyclic) bond motifs is 1. The molecule has 2 aromatic rings. The Morgan fingerprint density at radius 3 is 2.85 bits per heavy atom. The van der Waals surface area contributed by atoms with Crippen LogP contribution >= 0.6 is 11.8 Å². The van der Waals surface area contributed by atoms with Crippen molar-refractivity contribution in [2.24, 2.45) is 5.73 Å². The molecular weight excluding hydrogens is 430 g/mol. The lowest BCUT2D eigenvalue weighted by Gasteiger charge is -2.39. The zero-order valence-corrected chi connectivity index (χ0v) is 20.5. The highest BCUT2D eigenvalue weighted by Crippen LogP contribution is 2.46. The first kappa shape index (κ1) is 23.8. The van der Waals surface area contributed by atoms with Crippen LogP contribution in [0.1, 0.15) is 75.4 Å². The summed E-state index contributed by atoms with van der Waals surface area (Å²) in [6, 6.07) is 14.1.